The molecule has 21 heavy (non-hydrogen) atoms. The van der Waals surface area contributed by atoms with Gasteiger partial charge in [0.25, 0.3) is 0 Å². The van der Waals surface area contributed by atoms with E-state index in [1.807, 2.05) is 13.8 Å². The van der Waals surface area contributed by atoms with E-state index >= 15 is 0 Å². The minimum Gasteiger partial charge on any atom is -0.396 e. The number of hydrogen-bond donors (Lipinski definition) is 3. The lowest BCUT2D eigenvalue weighted by Crippen LogP contribution is -2.47. The molecule has 124 valence electrons. The van der Waals surface area contributed by atoms with E-state index in [1.165, 1.54) is 19.3 Å². The Kier molecular flexibility index (Phi) is 8.04. The van der Waals surface area contributed by atoms with Crippen molar-refractivity contribution in [3.8, 4) is 0 Å². The monoisotopic (exact) mass is 299 g/mol. The van der Waals surface area contributed by atoms with Gasteiger partial charge in [-0.05, 0) is 51.1 Å². The van der Waals surface area contributed by atoms with Crippen LogP contribution >= 0.6 is 0 Å². The van der Waals surface area contributed by atoms with Gasteiger partial charge in [0.2, 0.25) is 0 Å². The van der Waals surface area contributed by atoms with Crippen molar-refractivity contribution in [2.75, 3.05) is 32.8 Å². The van der Waals surface area contributed by atoms with Gasteiger partial charge in [0.1, 0.15) is 0 Å². The first-order chi connectivity index (χ1) is 9.93. The molecular weight excluding hydrogens is 266 g/mol. The maximum Gasteiger partial charge on any atom is 0.315 e. The van der Waals surface area contributed by atoms with E-state index in [1.54, 1.807) is 0 Å². The number of nitrogens with one attached hydrogen (secondary N) is 2. The molecular formula is C16H33N3O2. The zero-order valence-electron chi connectivity index (χ0n) is 14.0. The van der Waals surface area contributed by atoms with Crippen LogP contribution in [0.5, 0.6) is 0 Å². The fourth-order valence-electron chi connectivity index (χ4n) is 2.70. The van der Waals surface area contributed by atoms with E-state index in [9.17, 15) is 9.90 Å². The molecule has 0 aromatic rings. The summed E-state index contributed by atoms with van der Waals surface area (Å²) in [5.41, 5.74) is -0.0558. The Morgan fingerprint density at radius 1 is 1.29 bits per heavy atom. The normalized spacial score (nSPS) is 18.3. The predicted octanol–water partition coefficient (Wildman–Crippen LogP) is 1.96. The van der Waals surface area contributed by atoms with Crippen LogP contribution in [0.2, 0.25) is 0 Å². The second kappa shape index (κ2) is 9.26. The van der Waals surface area contributed by atoms with Crippen LogP contribution in [-0.2, 0) is 0 Å². The highest BCUT2D eigenvalue weighted by Crippen LogP contribution is 2.20. The van der Waals surface area contributed by atoms with Gasteiger partial charge in [-0.25, -0.2) is 4.79 Å². The standard InChI is InChI=1S/C16H33N3O2/c1-14(12-19-10-5-4-6-11-19)18-15(21)17-9-7-8-16(2,3)13-20/h14,20H,4-13H2,1-3H3,(H2,17,18,21). The molecule has 0 spiro atoms. The van der Waals surface area contributed by atoms with Crippen molar-refractivity contribution in [2.45, 2.75) is 58.9 Å². The quantitative estimate of drug-likeness (QED) is 0.600. The molecule has 1 heterocycles. The molecule has 0 radical (unpaired) electrons. The molecule has 1 atom stereocenters. The molecule has 5 heteroatoms. The maximum absolute atomic E-state index is 11.8. The van der Waals surface area contributed by atoms with Crippen molar-refractivity contribution in [1.29, 1.82) is 0 Å². The van der Waals surface area contributed by atoms with Crippen LogP contribution in [0, 0.1) is 5.41 Å². The summed E-state index contributed by atoms with van der Waals surface area (Å²) >= 11 is 0. The van der Waals surface area contributed by atoms with Crippen LogP contribution in [0.3, 0.4) is 0 Å². The van der Waals surface area contributed by atoms with E-state index in [0.29, 0.717) is 6.54 Å². The van der Waals surface area contributed by atoms with Crippen LogP contribution in [0.25, 0.3) is 0 Å². The minimum atomic E-state index is -0.0821. The second-order valence-corrected chi connectivity index (χ2v) is 7.09. The highest BCUT2D eigenvalue weighted by atomic mass is 16.3. The molecule has 0 aromatic heterocycles. The topological polar surface area (TPSA) is 64.6 Å². The highest BCUT2D eigenvalue weighted by molar-refractivity contribution is 5.74. The number of hydrogen-bond acceptors (Lipinski definition) is 3. The van der Waals surface area contributed by atoms with E-state index in [4.69, 9.17) is 0 Å². The molecule has 1 unspecified atom stereocenters. The maximum atomic E-state index is 11.8. The van der Waals surface area contributed by atoms with Gasteiger partial charge < -0.3 is 20.6 Å². The number of nitrogens with zero attached hydrogens (tertiary/aromatic N) is 1. The van der Waals surface area contributed by atoms with Crippen molar-refractivity contribution in [2.24, 2.45) is 5.41 Å². The van der Waals surface area contributed by atoms with E-state index in [-0.39, 0.29) is 24.1 Å². The van der Waals surface area contributed by atoms with Gasteiger partial charge in [-0.15, -0.1) is 0 Å². The van der Waals surface area contributed by atoms with Gasteiger partial charge in [0, 0.05) is 25.7 Å². The Hall–Kier alpha value is -0.810. The van der Waals surface area contributed by atoms with E-state index in [2.05, 4.69) is 22.5 Å². The Morgan fingerprint density at radius 2 is 1.95 bits per heavy atom. The molecule has 0 saturated carbocycles. The molecule has 0 aromatic carbocycles. The Balaban J connectivity index is 2.09. The molecule has 1 aliphatic heterocycles. The third-order valence-electron chi connectivity index (χ3n) is 4.10. The van der Waals surface area contributed by atoms with Gasteiger partial charge in [-0.2, -0.15) is 0 Å². The summed E-state index contributed by atoms with van der Waals surface area (Å²) in [4.78, 5) is 14.2. The zero-order chi connectivity index (χ0) is 15.7. The third kappa shape index (κ3) is 8.27. The number of aliphatic hydroxyl groups is 1. The van der Waals surface area contributed by atoms with Crippen molar-refractivity contribution < 1.29 is 9.90 Å². The molecule has 2 amide bonds. The Morgan fingerprint density at radius 3 is 2.57 bits per heavy atom. The number of rotatable bonds is 8. The number of carbonyl (C=O) groups is 1. The van der Waals surface area contributed by atoms with Gasteiger partial charge in [-0.1, -0.05) is 20.3 Å². The molecule has 1 aliphatic rings. The van der Waals surface area contributed by atoms with Crippen LogP contribution in [-0.4, -0.2) is 54.9 Å². The van der Waals surface area contributed by atoms with Crippen molar-refractivity contribution in [3.63, 3.8) is 0 Å². The van der Waals surface area contributed by atoms with Crippen LogP contribution in [0.4, 0.5) is 4.79 Å². The minimum absolute atomic E-state index is 0.0558. The largest absolute Gasteiger partial charge is 0.396 e. The molecule has 3 N–H and O–H groups in total. The average Bonchev–Trinajstić information content (AvgIpc) is 2.44. The summed E-state index contributed by atoms with van der Waals surface area (Å²) in [6, 6.07) is 0.0956. The number of urea groups is 1. The second-order valence-electron chi connectivity index (χ2n) is 7.09. The first kappa shape index (κ1) is 18.2. The van der Waals surface area contributed by atoms with E-state index in [0.717, 1.165) is 32.5 Å². The number of carbonyl (C=O) groups excluding carboxylic acids is 1. The fraction of sp³-hybridized carbons (Fsp3) is 0.938. The smallest absolute Gasteiger partial charge is 0.315 e. The number of aliphatic hydroxyl groups excluding tert-OH is 1. The molecule has 1 rings (SSSR count). The molecule has 5 nitrogen and oxygen atoms in total. The Labute approximate surface area is 129 Å². The van der Waals surface area contributed by atoms with E-state index < -0.39 is 0 Å². The molecule has 0 bridgehead atoms. The first-order valence-corrected chi connectivity index (χ1v) is 8.30. The van der Waals surface area contributed by atoms with Crippen LogP contribution < -0.4 is 10.6 Å². The SMILES string of the molecule is CC(CN1CCCCC1)NC(=O)NCCCC(C)(C)CO. The zero-order valence-corrected chi connectivity index (χ0v) is 14.0. The number of amides is 2. The first-order valence-electron chi connectivity index (χ1n) is 8.30. The lowest BCUT2D eigenvalue weighted by atomic mass is 9.89. The number of likely N-dealkylation sites (tertiary alicyclic amines) is 1. The van der Waals surface area contributed by atoms with Crippen molar-refractivity contribution in [3.05, 3.63) is 0 Å². The average molecular weight is 299 g/mol. The van der Waals surface area contributed by atoms with Gasteiger partial charge in [0.15, 0.2) is 0 Å². The summed E-state index contributed by atoms with van der Waals surface area (Å²) in [6.07, 6.45) is 5.69. The van der Waals surface area contributed by atoms with Crippen molar-refractivity contribution >= 4 is 6.03 Å². The van der Waals surface area contributed by atoms with Gasteiger partial charge in [0.05, 0.1) is 0 Å². The third-order valence-corrected chi connectivity index (χ3v) is 4.10. The fourth-order valence-corrected chi connectivity index (χ4v) is 2.70. The highest BCUT2D eigenvalue weighted by Gasteiger charge is 2.16. The molecule has 1 saturated heterocycles. The lowest BCUT2D eigenvalue weighted by molar-refractivity contribution is 0.148. The Bertz CT molecular complexity index is 302. The van der Waals surface area contributed by atoms with Gasteiger partial charge >= 0.3 is 6.03 Å². The lowest BCUT2D eigenvalue weighted by Gasteiger charge is -2.29. The molecule has 1 fully saturated rings. The summed E-state index contributed by atoms with van der Waals surface area (Å²) < 4.78 is 0. The molecule has 0 aliphatic carbocycles. The predicted molar refractivity (Wildman–Crippen MR) is 86.4 cm³/mol. The summed E-state index contributed by atoms with van der Waals surface area (Å²) in [5.74, 6) is 0. The summed E-state index contributed by atoms with van der Waals surface area (Å²) in [6.45, 7) is 10.2. The number of piperidine rings is 1. The van der Waals surface area contributed by atoms with Crippen LogP contribution in [0.15, 0.2) is 0 Å². The van der Waals surface area contributed by atoms with Gasteiger partial charge in [-0.3, -0.25) is 0 Å². The van der Waals surface area contributed by atoms with Crippen LogP contribution in [0.1, 0.15) is 52.9 Å². The summed E-state index contributed by atoms with van der Waals surface area (Å²) in [7, 11) is 0. The van der Waals surface area contributed by atoms with Crippen molar-refractivity contribution in [1.82, 2.24) is 15.5 Å². The summed E-state index contributed by atoms with van der Waals surface area (Å²) in [5, 5.41) is 15.1.